The van der Waals surface area contributed by atoms with Crippen molar-refractivity contribution in [2.75, 3.05) is 0 Å². The lowest BCUT2D eigenvalue weighted by molar-refractivity contribution is 0.769. The van der Waals surface area contributed by atoms with Crippen LogP contribution in [0.3, 0.4) is 0 Å². The zero-order valence-electron chi connectivity index (χ0n) is 33.2. The summed E-state index contributed by atoms with van der Waals surface area (Å²) in [4.78, 5) is 5.21. The highest BCUT2D eigenvalue weighted by Gasteiger charge is 2.46. The number of nitrogens with zero attached hydrogens (tertiary/aromatic N) is 3. The second-order valence-corrected chi connectivity index (χ2v) is 16.3. The van der Waals surface area contributed by atoms with Crippen molar-refractivity contribution in [3.63, 3.8) is 0 Å². The molecule has 0 saturated carbocycles. The summed E-state index contributed by atoms with van der Waals surface area (Å²) < 4.78 is 4.72. The molecule has 3 heterocycles. The first-order chi connectivity index (χ1) is 30.3. The van der Waals surface area contributed by atoms with E-state index in [-0.39, 0.29) is 0 Å². The van der Waals surface area contributed by atoms with Gasteiger partial charge in [0.15, 0.2) is 0 Å². The Morgan fingerprint density at radius 3 is 1.57 bits per heavy atom. The Hall–Kier alpha value is -8.01. The standard InChI is InChI=1S/C58H37N3/c1-3-15-41(16-4-1)58(42-17-5-2-6-18-42)51-23-11-7-19-45(51)46-34-30-40(36-52(46)58)39-29-33-44-47-20-8-14-26-55(47)61-56(37-59-57(61)50(44)35-39)38-27-31-43(32-28-38)60-53-24-12-9-21-48(53)49-22-10-13-25-54(49)60/h1-37H. The van der Waals surface area contributed by atoms with Crippen LogP contribution in [0, 0.1) is 0 Å². The maximum Gasteiger partial charge on any atom is 0.145 e. The molecule has 0 N–H and O–H groups in total. The second-order valence-electron chi connectivity index (χ2n) is 16.3. The van der Waals surface area contributed by atoms with E-state index < -0.39 is 5.41 Å². The predicted molar refractivity (Wildman–Crippen MR) is 253 cm³/mol. The molecule has 0 atom stereocenters. The van der Waals surface area contributed by atoms with Gasteiger partial charge in [-0.05, 0) is 92.4 Å². The third-order valence-electron chi connectivity index (χ3n) is 13.3. The fourth-order valence-electron chi connectivity index (χ4n) is 10.6. The lowest BCUT2D eigenvalue weighted by Crippen LogP contribution is -2.28. The molecule has 12 aromatic rings. The van der Waals surface area contributed by atoms with Crippen molar-refractivity contribution in [1.29, 1.82) is 0 Å². The Morgan fingerprint density at radius 1 is 0.361 bits per heavy atom. The highest BCUT2D eigenvalue weighted by atomic mass is 15.0. The molecule has 1 aliphatic carbocycles. The predicted octanol–water partition coefficient (Wildman–Crippen LogP) is 14.4. The molecule has 0 fully saturated rings. The normalized spacial score (nSPS) is 13.0. The molecule has 284 valence electrons. The molecule has 0 spiro atoms. The summed E-state index contributed by atoms with van der Waals surface area (Å²) in [6.07, 6.45) is 2.05. The first kappa shape index (κ1) is 33.9. The van der Waals surface area contributed by atoms with Crippen LogP contribution in [-0.4, -0.2) is 14.0 Å². The molecule has 0 unspecified atom stereocenters. The molecule has 0 aliphatic heterocycles. The number of imidazole rings is 1. The summed E-state index contributed by atoms with van der Waals surface area (Å²) >= 11 is 0. The van der Waals surface area contributed by atoms with E-state index in [2.05, 4.69) is 227 Å². The fourth-order valence-corrected chi connectivity index (χ4v) is 10.6. The van der Waals surface area contributed by atoms with Crippen molar-refractivity contribution >= 4 is 49.1 Å². The SMILES string of the molecule is c1ccc(C2(c3ccccc3)c3ccccc3-c3ccc(-c4ccc5c6ccccc6n6c(-c7ccc(-n8c9ccccc9c9ccccc98)cc7)cnc6c5c4)cc32)cc1. The van der Waals surface area contributed by atoms with Crippen LogP contribution >= 0.6 is 0 Å². The van der Waals surface area contributed by atoms with Gasteiger partial charge in [-0.3, -0.25) is 4.40 Å². The highest BCUT2D eigenvalue weighted by Crippen LogP contribution is 2.56. The van der Waals surface area contributed by atoms with E-state index >= 15 is 0 Å². The van der Waals surface area contributed by atoms with E-state index in [4.69, 9.17) is 4.98 Å². The van der Waals surface area contributed by atoms with Gasteiger partial charge in [0.05, 0.1) is 33.9 Å². The first-order valence-electron chi connectivity index (χ1n) is 21.0. The molecule has 0 saturated heterocycles. The third kappa shape index (κ3) is 4.77. The molecule has 3 aromatic heterocycles. The van der Waals surface area contributed by atoms with Crippen LogP contribution in [0.4, 0.5) is 0 Å². The molecule has 61 heavy (non-hydrogen) atoms. The molecular weight excluding hydrogens is 739 g/mol. The highest BCUT2D eigenvalue weighted by molar-refractivity contribution is 6.13. The second kappa shape index (κ2) is 13.0. The number of rotatable bonds is 5. The number of benzene rings is 9. The molecule has 13 rings (SSSR count). The van der Waals surface area contributed by atoms with Gasteiger partial charge < -0.3 is 4.57 Å². The van der Waals surface area contributed by atoms with Crippen LogP contribution in [0.2, 0.25) is 0 Å². The van der Waals surface area contributed by atoms with Crippen LogP contribution in [0.1, 0.15) is 22.3 Å². The van der Waals surface area contributed by atoms with Gasteiger partial charge in [0, 0.05) is 32.8 Å². The van der Waals surface area contributed by atoms with Crippen LogP contribution in [0.15, 0.2) is 225 Å². The van der Waals surface area contributed by atoms with E-state index in [0.29, 0.717) is 0 Å². The summed E-state index contributed by atoms with van der Waals surface area (Å²) in [6.45, 7) is 0. The molecule has 0 bridgehead atoms. The zero-order valence-corrected chi connectivity index (χ0v) is 33.2. The summed E-state index contributed by atoms with van der Waals surface area (Å²) in [6, 6.07) is 80.1. The number of fused-ring (bicyclic) bond motifs is 12. The summed E-state index contributed by atoms with van der Waals surface area (Å²) in [5, 5.41) is 6.05. The number of para-hydroxylation sites is 3. The van der Waals surface area contributed by atoms with Crippen LogP contribution in [0.25, 0.3) is 88.3 Å². The average Bonchev–Trinajstić information content (AvgIpc) is 4.02. The third-order valence-corrected chi connectivity index (χ3v) is 13.3. The van der Waals surface area contributed by atoms with Crippen LogP contribution < -0.4 is 0 Å². The minimum Gasteiger partial charge on any atom is -0.309 e. The van der Waals surface area contributed by atoms with E-state index in [9.17, 15) is 0 Å². The molecule has 3 nitrogen and oxygen atoms in total. The van der Waals surface area contributed by atoms with Crippen molar-refractivity contribution in [2.24, 2.45) is 0 Å². The molecule has 0 amide bonds. The number of pyridine rings is 1. The summed E-state index contributed by atoms with van der Waals surface area (Å²) in [7, 11) is 0. The van der Waals surface area contributed by atoms with Gasteiger partial charge in [-0.25, -0.2) is 4.98 Å². The minimum atomic E-state index is -0.458. The van der Waals surface area contributed by atoms with Gasteiger partial charge in [0.2, 0.25) is 0 Å². The quantitative estimate of drug-likeness (QED) is 0.160. The van der Waals surface area contributed by atoms with E-state index in [1.807, 2.05) is 6.20 Å². The van der Waals surface area contributed by atoms with Gasteiger partial charge in [-0.1, -0.05) is 176 Å². The maximum absolute atomic E-state index is 5.21. The number of hydrogen-bond acceptors (Lipinski definition) is 1. The lowest BCUT2D eigenvalue weighted by Gasteiger charge is -2.34. The van der Waals surface area contributed by atoms with Gasteiger partial charge in [0.1, 0.15) is 5.65 Å². The molecule has 0 radical (unpaired) electrons. The topological polar surface area (TPSA) is 22.2 Å². The smallest absolute Gasteiger partial charge is 0.145 e. The van der Waals surface area contributed by atoms with Crippen molar-refractivity contribution in [3.05, 3.63) is 247 Å². The summed E-state index contributed by atoms with van der Waals surface area (Å²) in [5.41, 5.74) is 17.4. The maximum atomic E-state index is 5.21. The molecule has 3 heteroatoms. The van der Waals surface area contributed by atoms with Crippen molar-refractivity contribution in [2.45, 2.75) is 5.41 Å². The Bertz CT molecular complexity index is 3590. The Balaban J connectivity index is 0.984. The van der Waals surface area contributed by atoms with Gasteiger partial charge >= 0.3 is 0 Å². The Labute approximate surface area is 353 Å². The van der Waals surface area contributed by atoms with Gasteiger partial charge in [-0.2, -0.15) is 0 Å². The van der Waals surface area contributed by atoms with Crippen LogP contribution in [-0.2, 0) is 5.41 Å². The lowest BCUT2D eigenvalue weighted by atomic mass is 9.67. The van der Waals surface area contributed by atoms with Crippen molar-refractivity contribution in [3.8, 4) is 39.2 Å². The van der Waals surface area contributed by atoms with Crippen LogP contribution in [0.5, 0.6) is 0 Å². The van der Waals surface area contributed by atoms with Gasteiger partial charge in [-0.15, -0.1) is 0 Å². The van der Waals surface area contributed by atoms with Crippen molar-refractivity contribution in [1.82, 2.24) is 14.0 Å². The summed E-state index contributed by atoms with van der Waals surface area (Å²) in [5.74, 6) is 0. The van der Waals surface area contributed by atoms with E-state index in [1.165, 1.54) is 77.1 Å². The number of hydrogen-bond donors (Lipinski definition) is 0. The Kier molecular flexibility index (Phi) is 7.22. The molecule has 1 aliphatic rings. The van der Waals surface area contributed by atoms with E-state index in [1.54, 1.807) is 0 Å². The van der Waals surface area contributed by atoms with Crippen molar-refractivity contribution < 1.29 is 0 Å². The zero-order chi connectivity index (χ0) is 40.1. The largest absolute Gasteiger partial charge is 0.309 e. The molecular formula is C58H37N3. The van der Waals surface area contributed by atoms with E-state index in [0.717, 1.165) is 33.5 Å². The monoisotopic (exact) mass is 775 g/mol. The van der Waals surface area contributed by atoms with Gasteiger partial charge in [0.25, 0.3) is 0 Å². The molecule has 9 aromatic carbocycles. The first-order valence-corrected chi connectivity index (χ1v) is 21.0. The number of aromatic nitrogens is 3. The minimum absolute atomic E-state index is 0.458. The average molecular weight is 776 g/mol. The fraction of sp³-hybridized carbons (Fsp3) is 0.0172. The Morgan fingerprint density at radius 2 is 0.885 bits per heavy atom.